The molecule has 0 aromatic heterocycles. The third kappa shape index (κ3) is 3.99. The highest BCUT2D eigenvalue weighted by atomic mass is 32.2. The molecule has 0 spiro atoms. The van der Waals surface area contributed by atoms with Gasteiger partial charge in [0.25, 0.3) is 0 Å². The van der Waals surface area contributed by atoms with E-state index in [0.717, 1.165) is 11.4 Å². The van der Waals surface area contributed by atoms with Crippen LogP contribution in [0.1, 0.15) is 0 Å². The van der Waals surface area contributed by atoms with Crippen LogP contribution in [0.5, 0.6) is 0 Å². The number of para-hydroxylation sites is 1. The van der Waals surface area contributed by atoms with Crippen LogP contribution >= 0.6 is 0 Å². The summed E-state index contributed by atoms with van der Waals surface area (Å²) in [5.74, 6) is 0. The Morgan fingerprint density at radius 3 is 1.83 bits per heavy atom. The predicted molar refractivity (Wildman–Crippen MR) is 69.9 cm³/mol. The van der Waals surface area contributed by atoms with Crippen molar-refractivity contribution in [2.45, 2.75) is 4.90 Å². The summed E-state index contributed by atoms with van der Waals surface area (Å²) in [7, 11) is -4.37. The molecule has 0 unspecified atom stereocenters. The van der Waals surface area contributed by atoms with Crippen molar-refractivity contribution < 1.29 is 13.0 Å². The quantitative estimate of drug-likeness (QED) is 0.685. The van der Waals surface area contributed by atoms with Crippen molar-refractivity contribution in [1.29, 1.82) is 0 Å². The molecule has 0 saturated carbocycles. The summed E-state index contributed by atoms with van der Waals surface area (Å²) in [5, 5.41) is 3.09. The van der Waals surface area contributed by atoms with Crippen molar-refractivity contribution in [2.24, 2.45) is 0 Å². The Hall–Kier alpha value is -1.08. The third-order valence-corrected chi connectivity index (χ3v) is 3.05. The Bertz CT molecular complexity index is 597. The van der Waals surface area contributed by atoms with E-state index in [2.05, 4.69) is 5.32 Å². The zero-order valence-electron chi connectivity index (χ0n) is 9.54. The molecule has 1 N–H and O–H groups in total. The Labute approximate surface area is 122 Å². The first-order valence-electron chi connectivity index (χ1n) is 4.94. The summed E-state index contributed by atoms with van der Waals surface area (Å²) in [5.41, 5.74) is 1.62. The van der Waals surface area contributed by atoms with Crippen LogP contribution in [0.25, 0.3) is 0 Å². The van der Waals surface area contributed by atoms with Crippen LogP contribution in [0.4, 0.5) is 11.4 Å². The van der Waals surface area contributed by atoms with Crippen molar-refractivity contribution in [2.75, 3.05) is 5.32 Å². The average Bonchev–Trinajstić information content (AvgIpc) is 2.30. The molecule has 2 aromatic carbocycles. The SMILES string of the molecule is O=S(=O)([O-])c1ccc(Nc2ccccc2)cc1.[Mg]. The highest BCUT2D eigenvalue weighted by Gasteiger charge is 2.00. The highest BCUT2D eigenvalue weighted by Crippen LogP contribution is 2.18. The average molecular weight is 273 g/mol. The van der Waals surface area contributed by atoms with E-state index < -0.39 is 10.1 Å². The minimum atomic E-state index is -4.37. The molecule has 0 heterocycles. The lowest BCUT2D eigenvalue weighted by Gasteiger charge is -2.09. The van der Waals surface area contributed by atoms with Gasteiger partial charge in [-0.3, -0.25) is 0 Å². The molecule has 2 radical (unpaired) electrons. The number of benzene rings is 2. The zero-order chi connectivity index (χ0) is 12.3. The molecule has 0 saturated heterocycles. The summed E-state index contributed by atoms with van der Waals surface area (Å²) >= 11 is 0. The largest absolute Gasteiger partial charge is 0.744 e. The molecule has 0 fully saturated rings. The fraction of sp³-hybridized carbons (Fsp3) is 0. The molecule has 90 valence electrons. The maximum atomic E-state index is 10.7. The molecule has 4 nitrogen and oxygen atoms in total. The van der Waals surface area contributed by atoms with Crippen molar-refractivity contribution in [3.8, 4) is 0 Å². The van der Waals surface area contributed by atoms with Crippen LogP contribution < -0.4 is 5.32 Å². The van der Waals surface area contributed by atoms with E-state index in [-0.39, 0.29) is 27.9 Å². The lowest BCUT2D eigenvalue weighted by atomic mass is 10.3. The smallest absolute Gasteiger partial charge is 0.124 e. The maximum absolute atomic E-state index is 10.7. The van der Waals surface area contributed by atoms with Crippen molar-refractivity contribution in [3.63, 3.8) is 0 Å². The highest BCUT2D eigenvalue weighted by molar-refractivity contribution is 7.85. The lowest BCUT2D eigenvalue weighted by molar-refractivity contribution is 0.463. The summed E-state index contributed by atoms with van der Waals surface area (Å²) in [6, 6.07) is 15.1. The van der Waals surface area contributed by atoms with Gasteiger partial charge in [-0.15, -0.1) is 0 Å². The summed E-state index contributed by atoms with van der Waals surface area (Å²) in [4.78, 5) is -0.226. The van der Waals surface area contributed by atoms with E-state index in [4.69, 9.17) is 0 Å². The Morgan fingerprint density at radius 2 is 1.33 bits per heavy atom. The van der Waals surface area contributed by atoms with E-state index in [9.17, 15) is 13.0 Å². The first kappa shape index (κ1) is 15.0. The zero-order valence-corrected chi connectivity index (χ0v) is 11.8. The molecule has 6 heteroatoms. The molecular weight excluding hydrogens is 263 g/mol. The van der Waals surface area contributed by atoms with Crippen molar-refractivity contribution in [1.82, 2.24) is 0 Å². The number of rotatable bonds is 3. The Balaban J connectivity index is 0.00000162. The van der Waals surface area contributed by atoms with Crippen LogP contribution in [0.2, 0.25) is 0 Å². The Morgan fingerprint density at radius 1 is 0.833 bits per heavy atom. The summed E-state index contributed by atoms with van der Waals surface area (Å²) in [6.07, 6.45) is 0. The van der Waals surface area contributed by atoms with Gasteiger partial charge >= 0.3 is 0 Å². The van der Waals surface area contributed by atoms with Gasteiger partial charge in [0, 0.05) is 34.4 Å². The standard InChI is InChI=1S/C12H11NO3S.Mg/c14-17(15,16)12-8-6-11(7-9-12)13-10-4-2-1-3-5-10;/h1-9,13H,(H,14,15,16);/p-1. The van der Waals surface area contributed by atoms with Gasteiger partial charge in [-0.25, -0.2) is 8.42 Å². The van der Waals surface area contributed by atoms with Gasteiger partial charge in [0.15, 0.2) is 0 Å². The fourth-order valence-corrected chi connectivity index (χ4v) is 1.86. The van der Waals surface area contributed by atoms with Gasteiger partial charge in [-0.2, -0.15) is 0 Å². The number of anilines is 2. The van der Waals surface area contributed by atoms with Crippen molar-refractivity contribution >= 4 is 44.5 Å². The van der Waals surface area contributed by atoms with Gasteiger partial charge in [0.05, 0.1) is 4.90 Å². The molecule has 2 rings (SSSR count). The molecule has 0 aliphatic carbocycles. The normalized spacial score (nSPS) is 10.5. The fourth-order valence-electron chi connectivity index (χ4n) is 1.39. The predicted octanol–water partition coefficient (Wildman–Crippen LogP) is 1.95. The third-order valence-electron chi connectivity index (χ3n) is 2.21. The molecule has 0 bridgehead atoms. The summed E-state index contributed by atoms with van der Waals surface area (Å²) in [6.45, 7) is 0. The van der Waals surface area contributed by atoms with Gasteiger partial charge in [-0.05, 0) is 36.4 Å². The van der Waals surface area contributed by atoms with E-state index in [1.165, 1.54) is 12.1 Å². The van der Waals surface area contributed by atoms with E-state index >= 15 is 0 Å². The number of hydrogen-bond acceptors (Lipinski definition) is 4. The topological polar surface area (TPSA) is 69.2 Å². The number of hydrogen-bond donors (Lipinski definition) is 1. The molecule has 18 heavy (non-hydrogen) atoms. The minimum Gasteiger partial charge on any atom is -0.744 e. The first-order valence-corrected chi connectivity index (χ1v) is 6.34. The van der Waals surface area contributed by atoms with Crippen LogP contribution in [0, 0.1) is 0 Å². The maximum Gasteiger partial charge on any atom is 0.124 e. The van der Waals surface area contributed by atoms with Crippen LogP contribution in [0.3, 0.4) is 0 Å². The molecule has 0 aliphatic heterocycles. The van der Waals surface area contributed by atoms with E-state index in [1.807, 2.05) is 30.3 Å². The van der Waals surface area contributed by atoms with Crippen LogP contribution in [0.15, 0.2) is 59.5 Å². The summed E-state index contributed by atoms with van der Waals surface area (Å²) < 4.78 is 32.2. The minimum absolute atomic E-state index is 0. The molecule has 0 amide bonds. The van der Waals surface area contributed by atoms with Crippen LogP contribution in [-0.4, -0.2) is 36.0 Å². The molecule has 2 aromatic rings. The molecule has 0 atom stereocenters. The van der Waals surface area contributed by atoms with Gasteiger partial charge < -0.3 is 9.87 Å². The van der Waals surface area contributed by atoms with Gasteiger partial charge in [0.1, 0.15) is 10.1 Å². The first-order chi connectivity index (χ1) is 8.05. The van der Waals surface area contributed by atoms with E-state index in [0.29, 0.717) is 0 Å². The van der Waals surface area contributed by atoms with Gasteiger partial charge in [-0.1, -0.05) is 18.2 Å². The second-order valence-corrected chi connectivity index (χ2v) is 4.85. The molecular formula is C12H10MgNO3S-. The van der Waals surface area contributed by atoms with Crippen LogP contribution in [-0.2, 0) is 10.1 Å². The van der Waals surface area contributed by atoms with E-state index in [1.54, 1.807) is 12.1 Å². The lowest BCUT2D eigenvalue weighted by Crippen LogP contribution is -1.98. The Kier molecular flexibility index (Phi) is 5.15. The second-order valence-electron chi connectivity index (χ2n) is 3.47. The second kappa shape index (κ2) is 6.19. The number of nitrogens with one attached hydrogen (secondary N) is 1. The van der Waals surface area contributed by atoms with Gasteiger partial charge in [0.2, 0.25) is 0 Å². The molecule has 0 aliphatic rings. The van der Waals surface area contributed by atoms with Crippen molar-refractivity contribution in [3.05, 3.63) is 54.6 Å². The monoisotopic (exact) mass is 272 g/mol.